The minimum atomic E-state index is -3.59. The molecular weight excluding hydrogens is 282 g/mol. The van der Waals surface area contributed by atoms with Gasteiger partial charge in [-0.1, -0.05) is 18.2 Å². The summed E-state index contributed by atoms with van der Waals surface area (Å²) in [6.07, 6.45) is 4.58. The van der Waals surface area contributed by atoms with Gasteiger partial charge in [0.2, 0.25) is 10.0 Å². The highest BCUT2D eigenvalue weighted by Gasteiger charge is 2.70. The van der Waals surface area contributed by atoms with Gasteiger partial charge in [-0.3, -0.25) is 4.79 Å². The van der Waals surface area contributed by atoms with Crippen LogP contribution >= 0.6 is 0 Å². The maximum absolute atomic E-state index is 12.6. The Hall–Kier alpha value is -1.18. The van der Waals surface area contributed by atoms with Crippen molar-refractivity contribution in [2.75, 3.05) is 19.7 Å². The number of fused-ring (bicyclic) bond motifs is 1. The first-order valence-electron chi connectivity index (χ1n) is 6.60. The van der Waals surface area contributed by atoms with E-state index in [1.54, 1.807) is 19.1 Å². The Labute approximate surface area is 118 Å². The fourth-order valence-corrected chi connectivity index (χ4v) is 5.74. The molecule has 0 aromatic carbocycles. The molecule has 0 aliphatic carbocycles. The first-order valence-corrected chi connectivity index (χ1v) is 8.10. The van der Waals surface area contributed by atoms with Crippen LogP contribution in [0.5, 0.6) is 0 Å². The molecule has 0 aromatic rings. The summed E-state index contributed by atoms with van der Waals surface area (Å²) < 4.78 is 37.4. The summed E-state index contributed by atoms with van der Waals surface area (Å²) in [6.45, 7) is 5.94. The molecule has 0 radical (unpaired) electrons. The Morgan fingerprint density at radius 3 is 3.05 bits per heavy atom. The van der Waals surface area contributed by atoms with Crippen LogP contribution in [0.2, 0.25) is 0 Å². The number of carbonyl (C=O) groups excluding carboxylic acids is 1. The highest BCUT2D eigenvalue weighted by atomic mass is 32.2. The Kier molecular flexibility index (Phi) is 3.04. The van der Waals surface area contributed by atoms with E-state index in [0.717, 1.165) is 0 Å². The summed E-state index contributed by atoms with van der Waals surface area (Å²) in [5.41, 5.74) is -0.913. The van der Waals surface area contributed by atoms with Gasteiger partial charge in [0.05, 0.1) is 12.7 Å². The Bertz CT molecular complexity index is 584. The summed E-state index contributed by atoms with van der Waals surface area (Å²) in [7, 11) is -3.59. The third-order valence-corrected chi connectivity index (χ3v) is 6.41. The molecule has 1 spiro atoms. The number of sulfonamides is 1. The van der Waals surface area contributed by atoms with Gasteiger partial charge in [-0.05, 0) is 6.92 Å². The molecule has 7 heteroatoms. The number of ether oxygens (including phenoxy) is 2. The summed E-state index contributed by atoms with van der Waals surface area (Å²) in [5, 5.41) is -0.885. The van der Waals surface area contributed by atoms with Crippen molar-refractivity contribution in [1.29, 1.82) is 0 Å². The van der Waals surface area contributed by atoms with Crippen molar-refractivity contribution in [3.05, 3.63) is 24.8 Å². The normalized spacial score (nSPS) is 40.8. The zero-order valence-electron chi connectivity index (χ0n) is 11.2. The fraction of sp³-hybridized carbons (Fsp3) is 0.615. The third kappa shape index (κ3) is 1.63. The molecule has 20 heavy (non-hydrogen) atoms. The molecule has 0 aromatic heterocycles. The lowest BCUT2D eigenvalue weighted by Crippen LogP contribution is -2.44. The monoisotopic (exact) mass is 299 g/mol. The Morgan fingerprint density at radius 1 is 1.65 bits per heavy atom. The predicted octanol–water partition coefficient (Wildman–Crippen LogP) is 0.0731. The number of carbonyl (C=O) groups is 1. The van der Waals surface area contributed by atoms with E-state index in [1.165, 1.54) is 10.4 Å². The maximum atomic E-state index is 12.6. The second-order valence-electron chi connectivity index (χ2n) is 5.22. The van der Waals surface area contributed by atoms with Gasteiger partial charge in [-0.15, -0.1) is 6.58 Å². The summed E-state index contributed by atoms with van der Waals surface area (Å²) in [4.78, 5) is 12.1. The quantitative estimate of drug-likeness (QED) is 0.543. The van der Waals surface area contributed by atoms with E-state index in [9.17, 15) is 13.2 Å². The van der Waals surface area contributed by atoms with E-state index < -0.39 is 38.9 Å². The van der Waals surface area contributed by atoms with Crippen LogP contribution in [0.25, 0.3) is 0 Å². The first-order chi connectivity index (χ1) is 9.46. The van der Waals surface area contributed by atoms with Gasteiger partial charge in [0, 0.05) is 13.1 Å². The van der Waals surface area contributed by atoms with Gasteiger partial charge in [-0.25, -0.2) is 8.42 Å². The zero-order chi connectivity index (χ0) is 14.5. The lowest BCUT2D eigenvalue weighted by atomic mass is 9.86. The molecule has 3 rings (SSSR count). The lowest BCUT2D eigenvalue weighted by Gasteiger charge is -2.23. The third-order valence-electron chi connectivity index (χ3n) is 4.08. The Balaban J connectivity index is 2.00. The van der Waals surface area contributed by atoms with E-state index in [-0.39, 0.29) is 19.7 Å². The number of esters is 1. The van der Waals surface area contributed by atoms with E-state index in [0.29, 0.717) is 0 Å². The van der Waals surface area contributed by atoms with E-state index in [1.807, 2.05) is 0 Å². The maximum Gasteiger partial charge on any atom is 0.313 e. The number of hydrogen-bond acceptors (Lipinski definition) is 5. The standard InChI is InChI=1S/C13H17NO5S/c1-3-7-14-8-13-6-5-9(19-13)10(12(15)18-4-2)11(13)20(14,16)17/h3,5-6,9-11H,1,4,7-8H2,2H3/t9-,10+,11-,13-/m1/s1. The SMILES string of the molecule is C=CCN1C[C@@]23C=C[C@@H](O2)[C@H](C(=O)OCC)[C@H]3S1(=O)=O. The smallest absolute Gasteiger partial charge is 0.313 e. The van der Waals surface area contributed by atoms with Crippen LogP contribution in [0.1, 0.15) is 6.92 Å². The fourth-order valence-electron chi connectivity index (χ4n) is 3.37. The summed E-state index contributed by atoms with van der Waals surface area (Å²) >= 11 is 0. The molecule has 2 bridgehead atoms. The van der Waals surface area contributed by atoms with Crippen LogP contribution in [0.15, 0.2) is 24.8 Å². The summed E-state index contributed by atoms with van der Waals surface area (Å²) in [5.74, 6) is -1.28. The number of rotatable bonds is 4. The van der Waals surface area contributed by atoms with Gasteiger partial charge < -0.3 is 9.47 Å². The van der Waals surface area contributed by atoms with Gasteiger partial charge in [-0.2, -0.15) is 4.31 Å². The summed E-state index contributed by atoms with van der Waals surface area (Å²) in [6, 6.07) is 0. The molecule has 110 valence electrons. The first kappa shape index (κ1) is 13.8. The molecule has 0 unspecified atom stereocenters. The predicted molar refractivity (Wildman–Crippen MR) is 71.3 cm³/mol. The van der Waals surface area contributed by atoms with Gasteiger partial charge in [0.15, 0.2) is 0 Å². The van der Waals surface area contributed by atoms with E-state index >= 15 is 0 Å². The van der Waals surface area contributed by atoms with Crippen molar-refractivity contribution < 1.29 is 22.7 Å². The molecule has 6 nitrogen and oxygen atoms in total. The lowest BCUT2D eigenvalue weighted by molar-refractivity contribution is -0.148. The van der Waals surface area contributed by atoms with Crippen molar-refractivity contribution in [3.8, 4) is 0 Å². The van der Waals surface area contributed by atoms with Crippen molar-refractivity contribution in [2.24, 2.45) is 5.92 Å². The molecule has 3 aliphatic rings. The second-order valence-corrected chi connectivity index (χ2v) is 7.28. The van der Waals surface area contributed by atoms with Crippen molar-refractivity contribution in [3.63, 3.8) is 0 Å². The average molecular weight is 299 g/mol. The highest BCUT2D eigenvalue weighted by Crippen LogP contribution is 2.51. The molecule has 0 N–H and O–H groups in total. The minimum Gasteiger partial charge on any atom is -0.466 e. The van der Waals surface area contributed by atoms with E-state index in [2.05, 4.69) is 6.58 Å². The largest absolute Gasteiger partial charge is 0.466 e. The number of nitrogens with zero attached hydrogens (tertiary/aromatic N) is 1. The minimum absolute atomic E-state index is 0.220. The number of hydrogen-bond donors (Lipinski definition) is 0. The molecular formula is C13H17NO5S. The van der Waals surface area contributed by atoms with Crippen LogP contribution in [0.4, 0.5) is 0 Å². The van der Waals surface area contributed by atoms with Gasteiger partial charge in [0.1, 0.15) is 16.8 Å². The highest BCUT2D eigenvalue weighted by molar-refractivity contribution is 7.90. The average Bonchev–Trinajstić information content (AvgIpc) is 2.99. The molecule has 0 saturated carbocycles. The van der Waals surface area contributed by atoms with Gasteiger partial charge in [0.25, 0.3) is 0 Å². The molecule has 2 fully saturated rings. The molecule has 3 heterocycles. The topological polar surface area (TPSA) is 72.9 Å². The van der Waals surface area contributed by atoms with E-state index in [4.69, 9.17) is 9.47 Å². The van der Waals surface area contributed by atoms with Crippen LogP contribution < -0.4 is 0 Å². The zero-order valence-corrected chi connectivity index (χ0v) is 12.0. The van der Waals surface area contributed by atoms with Gasteiger partial charge >= 0.3 is 5.97 Å². The molecule has 0 amide bonds. The van der Waals surface area contributed by atoms with Crippen molar-refractivity contribution in [1.82, 2.24) is 4.31 Å². The Morgan fingerprint density at radius 2 is 2.40 bits per heavy atom. The van der Waals surface area contributed by atoms with Crippen molar-refractivity contribution in [2.45, 2.75) is 23.9 Å². The van der Waals surface area contributed by atoms with Crippen LogP contribution in [-0.2, 0) is 24.3 Å². The van der Waals surface area contributed by atoms with Crippen LogP contribution in [0, 0.1) is 5.92 Å². The molecule has 2 saturated heterocycles. The molecule has 3 aliphatic heterocycles. The van der Waals surface area contributed by atoms with Crippen LogP contribution in [-0.4, -0.2) is 55.3 Å². The second kappa shape index (κ2) is 4.41. The van der Waals surface area contributed by atoms with Crippen molar-refractivity contribution >= 4 is 16.0 Å². The molecule has 4 atom stereocenters. The van der Waals surface area contributed by atoms with Crippen LogP contribution in [0.3, 0.4) is 0 Å².